The Balaban J connectivity index is 1.74. The van der Waals surface area contributed by atoms with Crippen molar-refractivity contribution in [1.29, 1.82) is 0 Å². The molecule has 3 rings (SSSR count). The van der Waals surface area contributed by atoms with Gasteiger partial charge in [-0.05, 0) is 37.3 Å². The van der Waals surface area contributed by atoms with E-state index in [4.69, 9.17) is 14.2 Å². The van der Waals surface area contributed by atoms with Crippen LogP contribution < -0.4 is 19.5 Å². The molecule has 0 bridgehead atoms. The van der Waals surface area contributed by atoms with Gasteiger partial charge in [-0.15, -0.1) is 0 Å². The second-order valence-corrected chi connectivity index (χ2v) is 6.02. The van der Waals surface area contributed by atoms with Gasteiger partial charge in [0.15, 0.2) is 17.3 Å². The maximum absolute atomic E-state index is 12.4. The number of Topliss-reactive ketones (excluding diaryl/α,β-unsaturated/α-hetero) is 1. The topological polar surface area (TPSA) is 73.9 Å². The molecule has 2 aromatic rings. The number of ether oxygens (including phenoxy) is 3. The first-order valence-corrected chi connectivity index (χ1v) is 8.44. The van der Waals surface area contributed by atoms with Crippen LogP contribution >= 0.6 is 0 Å². The third kappa shape index (κ3) is 4.14. The lowest BCUT2D eigenvalue weighted by atomic mass is 10.0. The molecule has 1 amide bonds. The van der Waals surface area contributed by atoms with Crippen molar-refractivity contribution >= 4 is 17.4 Å². The molecule has 0 spiro atoms. The molecule has 1 N–H and O–H groups in total. The Morgan fingerprint density at radius 2 is 1.85 bits per heavy atom. The highest BCUT2D eigenvalue weighted by Gasteiger charge is 2.14. The van der Waals surface area contributed by atoms with E-state index in [1.165, 1.54) is 14.0 Å². The summed E-state index contributed by atoms with van der Waals surface area (Å²) in [7, 11) is 1.54. The first kappa shape index (κ1) is 17.8. The van der Waals surface area contributed by atoms with Crippen LogP contribution in [-0.4, -0.2) is 32.0 Å². The number of amides is 1. The summed E-state index contributed by atoms with van der Waals surface area (Å²) < 4.78 is 16.5. The Bertz CT molecular complexity index is 831. The number of benzene rings is 2. The van der Waals surface area contributed by atoms with Gasteiger partial charge < -0.3 is 19.5 Å². The molecule has 136 valence electrons. The normalized spacial score (nSPS) is 12.8. The van der Waals surface area contributed by atoms with Crippen molar-refractivity contribution < 1.29 is 23.8 Å². The maximum Gasteiger partial charge on any atom is 0.228 e. The van der Waals surface area contributed by atoms with E-state index in [0.29, 0.717) is 47.3 Å². The van der Waals surface area contributed by atoms with Gasteiger partial charge in [-0.25, -0.2) is 0 Å². The predicted octanol–water partition coefficient (Wildman–Crippen LogP) is 3.24. The summed E-state index contributed by atoms with van der Waals surface area (Å²) >= 11 is 0. The van der Waals surface area contributed by atoms with Crippen molar-refractivity contribution in [2.24, 2.45) is 0 Å². The van der Waals surface area contributed by atoms with Crippen molar-refractivity contribution in [2.75, 3.05) is 25.6 Å². The number of hydrogen-bond acceptors (Lipinski definition) is 5. The third-order valence-electron chi connectivity index (χ3n) is 4.07. The molecule has 0 saturated carbocycles. The maximum atomic E-state index is 12.4. The molecule has 6 heteroatoms. The minimum Gasteiger partial charge on any atom is -0.496 e. The number of hydrogen-bond donors (Lipinski definition) is 1. The van der Waals surface area contributed by atoms with Gasteiger partial charge in [0.2, 0.25) is 5.91 Å². The number of fused-ring (bicyclic) bond motifs is 1. The summed E-state index contributed by atoms with van der Waals surface area (Å²) in [5.74, 6) is 1.60. The predicted molar refractivity (Wildman–Crippen MR) is 97.4 cm³/mol. The smallest absolute Gasteiger partial charge is 0.228 e. The Morgan fingerprint density at radius 3 is 2.58 bits per heavy atom. The Kier molecular flexibility index (Phi) is 5.41. The van der Waals surface area contributed by atoms with E-state index in [1.807, 2.05) is 0 Å². The van der Waals surface area contributed by atoms with Crippen molar-refractivity contribution in [2.45, 2.75) is 19.8 Å². The molecule has 0 radical (unpaired) electrons. The number of nitrogens with one attached hydrogen (secondary N) is 1. The minimum atomic E-state index is -0.210. The molecular weight excluding hydrogens is 334 g/mol. The van der Waals surface area contributed by atoms with Crippen molar-refractivity contribution in [3.8, 4) is 17.2 Å². The fourth-order valence-corrected chi connectivity index (χ4v) is 2.75. The molecule has 0 saturated heterocycles. The van der Waals surface area contributed by atoms with Gasteiger partial charge in [0.1, 0.15) is 5.75 Å². The van der Waals surface area contributed by atoms with Gasteiger partial charge in [-0.2, -0.15) is 0 Å². The first-order valence-electron chi connectivity index (χ1n) is 8.44. The highest BCUT2D eigenvalue weighted by molar-refractivity contribution is 5.96. The summed E-state index contributed by atoms with van der Waals surface area (Å²) in [6.45, 7) is 2.69. The lowest BCUT2D eigenvalue weighted by Gasteiger charge is -2.12. The monoisotopic (exact) mass is 355 g/mol. The van der Waals surface area contributed by atoms with Crippen LogP contribution in [0.4, 0.5) is 5.69 Å². The average Bonchev–Trinajstić information content (AvgIpc) is 2.86. The Labute approximate surface area is 152 Å². The summed E-state index contributed by atoms with van der Waals surface area (Å²) in [6, 6.07) is 10.4. The van der Waals surface area contributed by atoms with Gasteiger partial charge >= 0.3 is 0 Å². The zero-order valence-corrected chi connectivity index (χ0v) is 14.8. The molecule has 1 aliphatic heterocycles. The molecule has 1 aliphatic rings. The summed E-state index contributed by atoms with van der Waals surface area (Å²) in [5, 5.41) is 2.85. The lowest BCUT2D eigenvalue weighted by Crippen LogP contribution is -2.15. The fourth-order valence-electron chi connectivity index (χ4n) is 2.75. The van der Waals surface area contributed by atoms with Gasteiger partial charge in [0.25, 0.3) is 0 Å². The van der Waals surface area contributed by atoms with E-state index in [9.17, 15) is 9.59 Å². The third-order valence-corrected chi connectivity index (χ3v) is 4.07. The fraction of sp³-hybridized carbons (Fsp3) is 0.300. The second-order valence-electron chi connectivity index (χ2n) is 6.02. The molecule has 2 aromatic carbocycles. The molecule has 1 heterocycles. The van der Waals surface area contributed by atoms with E-state index < -0.39 is 0 Å². The van der Waals surface area contributed by atoms with Gasteiger partial charge in [0, 0.05) is 29.3 Å². The highest BCUT2D eigenvalue weighted by Crippen LogP contribution is 2.32. The molecular formula is C20H21NO5. The van der Waals surface area contributed by atoms with E-state index in [1.54, 1.807) is 36.4 Å². The quantitative estimate of drug-likeness (QED) is 0.834. The van der Waals surface area contributed by atoms with Crippen LogP contribution in [0.2, 0.25) is 0 Å². The number of methoxy groups -OCH3 is 1. The standard InChI is InChI=1S/C20H21NO5/c1-13(22)14-4-6-17(24-2)15(10-14)11-20(23)21-16-5-7-18-19(12-16)26-9-3-8-25-18/h4-7,10,12H,3,8-9,11H2,1-2H3,(H,21,23). The Morgan fingerprint density at radius 1 is 1.08 bits per heavy atom. The van der Waals surface area contributed by atoms with Crippen LogP contribution in [0, 0.1) is 0 Å². The SMILES string of the molecule is COc1ccc(C(C)=O)cc1CC(=O)Nc1ccc2c(c1)OCCCO2. The van der Waals surface area contributed by atoms with E-state index in [2.05, 4.69) is 5.32 Å². The van der Waals surface area contributed by atoms with Crippen molar-refractivity contribution in [1.82, 2.24) is 0 Å². The van der Waals surface area contributed by atoms with Crippen molar-refractivity contribution in [3.05, 3.63) is 47.5 Å². The summed E-state index contributed by atoms with van der Waals surface area (Å²) in [6.07, 6.45) is 0.918. The van der Waals surface area contributed by atoms with E-state index >= 15 is 0 Å². The molecule has 0 unspecified atom stereocenters. The Hall–Kier alpha value is -3.02. The zero-order valence-electron chi connectivity index (χ0n) is 14.8. The number of rotatable bonds is 5. The van der Waals surface area contributed by atoms with Crippen LogP contribution in [0.3, 0.4) is 0 Å². The largest absolute Gasteiger partial charge is 0.496 e. The van der Waals surface area contributed by atoms with Crippen LogP contribution in [0.1, 0.15) is 29.3 Å². The van der Waals surface area contributed by atoms with E-state index in [0.717, 1.165) is 6.42 Å². The van der Waals surface area contributed by atoms with Crippen LogP contribution in [0.5, 0.6) is 17.2 Å². The number of anilines is 1. The molecule has 6 nitrogen and oxygen atoms in total. The van der Waals surface area contributed by atoms with Gasteiger partial charge in [-0.3, -0.25) is 9.59 Å². The summed E-state index contributed by atoms with van der Waals surface area (Å²) in [5.41, 5.74) is 1.83. The molecule has 26 heavy (non-hydrogen) atoms. The minimum absolute atomic E-state index is 0.0581. The van der Waals surface area contributed by atoms with Crippen molar-refractivity contribution in [3.63, 3.8) is 0 Å². The zero-order chi connectivity index (χ0) is 18.5. The highest BCUT2D eigenvalue weighted by atomic mass is 16.5. The molecule has 0 fully saturated rings. The van der Waals surface area contributed by atoms with Crippen LogP contribution in [0.25, 0.3) is 0 Å². The van der Waals surface area contributed by atoms with Crippen LogP contribution in [0.15, 0.2) is 36.4 Å². The molecule has 0 aliphatic carbocycles. The van der Waals surface area contributed by atoms with E-state index in [-0.39, 0.29) is 18.1 Å². The first-order chi connectivity index (χ1) is 12.6. The number of carbonyl (C=O) groups is 2. The van der Waals surface area contributed by atoms with Gasteiger partial charge in [-0.1, -0.05) is 0 Å². The molecule has 0 aromatic heterocycles. The molecule has 0 atom stereocenters. The second kappa shape index (κ2) is 7.91. The van der Waals surface area contributed by atoms with Crippen LogP contribution in [-0.2, 0) is 11.2 Å². The van der Waals surface area contributed by atoms with Gasteiger partial charge in [0.05, 0.1) is 26.7 Å². The number of ketones is 1. The summed E-state index contributed by atoms with van der Waals surface area (Å²) in [4.78, 5) is 24.0. The lowest BCUT2D eigenvalue weighted by molar-refractivity contribution is -0.115. The average molecular weight is 355 g/mol. The number of carbonyl (C=O) groups excluding carboxylic acids is 2.